The Bertz CT molecular complexity index is 15.7. The molecular weight excluding hydrogens is 155 g/mol. The Morgan fingerprint density at radius 3 is 1.00 bits per heavy atom. The maximum Gasteiger partial charge on any atom is 0.316 e. The maximum absolute atomic E-state index is 4.90. The van der Waals surface area contributed by atoms with Crippen LogP contribution in [0.25, 0.3) is 0 Å². The van der Waals surface area contributed by atoms with Gasteiger partial charge in [0.15, 0.2) is 0 Å². The zero-order valence-corrected chi connectivity index (χ0v) is 2.57. The van der Waals surface area contributed by atoms with Crippen molar-refractivity contribution >= 4 is 126 Å². The first kappa shape index (κ1) is 22.4. The molecule has 0 aromatic rings. The third-order valence-electron chi connectivity index (χ3n) is 0.167. The van der Waals surface area contributed by atoms with Crippen LogP contribution < -0.4 is 11.5 Å². The van der Waals surface area contributed by atoms with Crippen molar-refractivity contribution in [1.29, 1.82) is 0 Å². The molecule has 5 heteroatoms. The van der Waals surface area contributed by atoms with Crippen molar-refractivity contribution in [2.75, 3.05) is 13.1 Å². The standard InChI is InChI=1S/C2H8N2.2K.Mg.4H/c3-1-2-4;;;;;;;/h1-4H2;;;;;;;. The molecule has 34 valence electrons. The van der Waals surface area contributed by atoms with Crippen LogP contribution in [0.1, 0.15) is 0 Å². The monoisotopic (exact) mass is 166 g/mol. The van der Waals surface area contributed by atoms with Crippen molar-refractivity contribution in [1.82, 2.24) is 0 Å². The van der Waals surface area contributed by atoms with Crippen LogP contribution in [0, 0.1) is 0 Å². The van der Waals surface area contributed by atoms with Gasteiger partial charge in [0.2, 0.25) is 0 Å². The van der Waals surface area contributed by atoms with Crippen molar-refractivity contribution in [3.05, 3.63) is 0 Å². The summed E-state index contributed by atoms with van der Waals surface area (Å²) in [6, 6.07) is 0. The molecule has 0 radical (unpaired) electrons. The van der Waals surface area contributed by atoms with Crippen molar-refractivity contribution in [2.45, 2.75) is 0 Å². The number of nitrogens with two attached hydrogens (primary N) is 2. The Balaban J connectivity index is -0.0000000150. The van der Waals surface area contributed by atoms with Crippen LogP contribution in [0.2, 0.25) is 0 Å². The zero-order valence-electron chi connectivity index (χ0n) is 2.57. The predicted molar refractivity (Wildman–Crippen MR) is 41.0 cm³/mol. The third kappa shape index (κ3) is 25.7. The molecular formula is C2H12K2MgN2. The summed E-state index contributed by atoms with van der Waals surface area (Å²) in [5.41, 5.74) is 9.81. The van der Waals surface area contributed by atoms with E-state index in [-0.39, 0.29) is 126 Å². The molecule has 0 saturated heterocycles. The van der Waals surface area contributed by atoms with E-state index in [0.29, 0.717) is 13.1 Å². The van der Waals surface area contributed by atoms with Gasteiger partial charge in [-0.25, -0.2) is 0 Å². The SMILES string of the molecule is NCCN.[KH].[KH].[MgH2]. The van der Waals surface area contributed by atoms with Crippen LogP contribution in [0.5, 0.6) is 0 Å². The van der Waals surface area contributed by atoms with Crippen LogP contribution in [-0.4, -0.2) is 139 Å². The maximum atomic E-state index is 4.90. The normalized spacial score (nSPS) is 4.29. The molecule has 0 amide bonds. The topological polar surface area (TPSA) is 52.0 Å². The van der Waals surface area contributed by atoms with E-state index in [1.54, 1.807) is 0 Å². The van der Waals surface area contributed by atoms with E-state index < -0.39 is 0 Å². The Labute approximate surface area is 146 Å². The van der Waals surface area contributed by atoms with E-state index in [9.17, 15) is 0 Å². The Morgan fingerprint density at radius 2 is 1.00 bits per heavy atom. The summed E-state index contributed by atoms with van der Waals surface area (Å²) >= 11 is 0. The largest absolute Gasteiger partial charge is 0.316 e. The Hall–Kier alpha value is 3.96. The van der Waals surface area contributed by atoms with Crippen LogP contribution in [0.4, 0.5) is 0 Å². The fraction of sp³-hybridized carbons (Fsp3) is 1.00. The number of hydrogen-bond donors (Lipinski definition) is 2. The second kappa shape index (κ2) is 22.5. The number of rotatable bonds is 1. The van der Waals surface area contributed by atoms with E-state index in [4.69, 9.17) is 11.5 Å². The predicted octanol–water partition coefficient (Wildman–Crippen LogP) is -3.31. The van der Waals surface area contributed by atoms with Crippen LogP contribution in [-0.2, 0) is 0 Å². The van der Waals surface area contributed by atoms with Gasteiger partial charge in [-0.2, -0.15) is 0 Å². The van der Waals surface area contributed by atoms with Gasteiger partial charge in [-0.1, -0.05) is 0 Å². The molecule has 0 fully saturated rings. The molecule has 0 aromatic carbocycles. The van der Waals surface area contributed by atoms with E-state index in [1.807, 2.05) is 0 Å². The fourth-order valence-corrected chi connectivity index (χ4v) is 0. The van der Waals surface area contributed by atoms with Gasteiger partial charge in [-0.3, -0.25) is 0 Å². The second-order valence-electron chi connectivity index (χ2n) is 0.577. The molecule has 2 nitrogen and oxygen atoms in total. The number of hydrogen-bond acceptors (Lipinski definition) is 2. The van der Waals surface area contributed by atoms with Crippen molar-refractivity contribution in [3.8, 4) is 0 Å². The summed E-state index contributed by atoms with van der Waals surface area (Å²) in [6.07, 6.45) is 0. The van der Waals surface area contributed by atoms with Crippen LogP contribution in [0.3, 0.4) is 0 Å². The first-order chi connectivity index (χ1) is 1.91. The molecule has 0 atom stereocenters. The van der Waals surface area contributed by atoms with Gasteiger partial charge in [-0.15, -0.1) is 0 Å². The minimum Gasteiger partial charge on any atom is 0.316 e. The van der Waals surface area contributed by atoms with E-state index in [2.05, 4.69) is 0 Å². The molecule has 0 aliphatic rings. The molecule has 4 N–H and O–H groups in total. The second-order valence-corrected chi connectivity index (χ2v) is 0.577. The molecule has 0 rings (SSSR count). The van der Waals surface area contributed by atoms with Gasteiger partial charge in [0, 0.05) is 13.1 Å². The zero-order chi connectivity index (χ0) is 3.41. The van der Waals surface area contributed by atoms with Gasteiger partial charge in [0.05, 0.1) is 0 Å². The summed E-state index contributed by atoms with van der Waals surface area (Å²) in [4.78, 5) is 0. The first-order valence-electron chi connectivity index (χ1n) is 1.32. The molecule has 0 heterocycles. The van der Waals surface area contributed by atoms with E-state index in [1.165, 1.54) is 0 Å². The summed E-state index contributed by atoms with van der Waals surface area (Å²) in [6.45, 7) is 1.19. The average Bonchev–Trinajstić information content (AvgIpc) is 1.37. The van der Waals surface area contributed by atoms with Gasteiger partial charge >= 0.3 is 126 Å². The molecule has 0 bridgehead atoms. The average molecular weight is 167 g/mol. The van der Waals surface area contributed by atoms with Crippen molar-refractivity contribution < 1.29 is 0 Å². The summed E-state index contributed by atoms with van der Waals surface area (Å²) in [7, 11) is 0. The van der Waals surface area contributed by atoms with Crippen LogP contribution >= 0.6 is 0 Å². The molecule has 0 spiro atoms. The summed E-state index contributed by atoms with van der Waals surface area (Å²) in [5.74, 6) is 0. The van der Waals surface area contributed by atoms with Crippen molar-refractivity contribution in [2.24, 2.45) is 11.5 Å². The minimum absolute atomic E-state index is 0. The van der Waals surface area contributed by atoms with Crippen molar-refractivity contribution in [3.63, 3.8) is 0 Å². The first-order valence-corrected chi connectivity index (χ1v) is 1.32. The smallest absolute Gasteiger partial charge is 0.316 e. The van der Waals surface area contributed by atoms with Gasteiger partial charge in [0.25, 0.3) is 0 Å². The van der Waals surface area contributed by atoms with Gasteiger partial charge in [0.1, 0.15) is 0 Å². The molecule has 0 unspecified atom stereocenters. The molecule has 0 aliphatic heterocycles. The summed E-state index contributed by atoms with van der Waals surface area (Å²) < 4.78 is 0. The summed E-state index contributed by atoms with van der Waals surface area (Å²) in [5, 5.41) is 0. The van der Waals surface area contributed by atoms with Gasteiger partial charge < -0.3 is 11.5 Å². The molecule has 0 aromatic heterocycles. The Morgan fingerprint density at radius 1 is 0.857 bits per heavy atom. The quantitative estimate of drug-likeness (QED) is 0.401. The molecule has 0 aliphatic carbocycles. The van der Waals surface area contributed by atoms with E-state index >= 15 is 0 Å². The Kier molecular flexibility index (Phi) is 72.2. The van der Waals surface area contributed by atoms with E-state index in [0.717, 1.165) is 0 Å². The molecule has 0 saturated carbocycles. The van der Waals surface area contributed by atoms with Crippen LogP contribution in [0.15, 0.2) is 0 Å². The van der Waals surface area contributed by atoms with Gasteiger partial charge in [-0.05, 0) is 0 Å². The molecule has 7 heavy (non-hydrogen) atoms. The fourth-order valence-electron chi connectivity index (χ4n) is 0. The third-order valence-corrected chi connectivity index (χ3v) is 0.167. The minimum atomic E-state index is 0.